The van der Waals surface area contributed by atoms with E-state index in [1.165, 1.54) is 22.4 Å². The van der Waals surface area contributed by atoms with Crippen LogP contribution in [0.3, 0.4) is 0 Å². The summed E-state index contributed by atoms with van der Waals surface area (Å²) >= 11 is 0. The van der Waals surface area contributed by atoms with Crippen LogP contribution in [0.15, 0.2) is 48.5 Å². The van der Waals surface area contributed by atoms with Gasteiger partial charge in [-0.3, -0.25) is 9.69 Å². The summed E-state index contributed by atoms with van der Waals surface area (Å²) in [6.07, 6.45) is 2.19. The van der Waals surface area contributed by atoms with Crippen LogP contribution in [0.4, 0.5) is 5.69 Å². The van der Waals surface area contributed by atoms with Gasteiger partial charge in [0.05, 0.1) is 25.8 Å². The lowest BCUT2D eigenvalue weighted by molar-refractivity contribution is -0.121. The average molecular weight is 408 g/mol. The second-order valence-corrected chi connectivity index (χ2v) is 8.52. The molecule has 2 aliphatic rings. The van der Waals surface area contributed by atoms with E-state index in [-0.39, 0.29) is 18.0 Å². The third-order valence-electron chi connectivity index (χ3n) is 6.23. The first-order chi connectivity index (χ1) is 14.6. The Bertz CT molecular complexity index is 849. The summed E-state index contributed by atoms with van der Waals surface area (Å²) in [5.41, 5.74) is 5.09. The van der Waals surface area contributed by atoms with Crippen molar-refractivity contribution in [3.05, 3.63) is 65.2 Å². The van der Waals surface area contributed by atoms with Crippen LogP contribution in [-0.2, 0) is 16.0 Å². The quantitative estimate of drug-likeness (QED) is 0.798. The number of morpholine rings is 1. The molecule has 1 saturated heterocycles. The molecule has 1 N–H and O–H groups in total. The van der Waals surface area contributed by atoms with E-state index < -0.39 is 0 Å². The number of hydrogen-bond acceptors (Lipinski definition) is 4. The molecule has 0 unspecified atom stereocenters. The topological polar surface area (TPSA) is 44.8 Å². The molecule has 0 saturated carbocycles. The fraction of sp³-hybridized carbons (Fsp3) is 0.480. The van der Waals surface area contributed by atoms with E-state index in [1.807, 2.05) is 6.07 Å². The van der Waals surface area contributed by atoms with Crippen molar-refractivity contribution in [2.75, 3.05) is 44.3 Å². The van der Waals surface area contributed by atoms with Crippen LogP contribution in [0.5, 0.6) is 0 Å². The van der Waals surface area contributed by atoms with Gasteiger partial charge >= 0.3 is 0 Å². The monoisotopic (exact) mass is 407 g/mol. The number of nitrogens with one attached hydrogen (secondary N) is 1. The predicted octanol–water partition coefficient (Wildman–Crippen LogP) is 3.33. The lowest BCUT2D eigenvalue weighted by atomic mass is 9.97. The molecule has 0 spiro atoms. The lowest BCUT2D eigenvalue weighted by Crippen LogP contribution is -2.50. The van der Waals surface area contributed by atoms with Crippen LogP contribution in [-0.4, -0.2) is 56.2 Å². The Morgan fingerprint density at radius 3 is 2.63 bits per heavy atom. The van der Waals surface area contributed by atoms with Gasteiger partial charge in [0.1, 0.15) is 0 Å². The Kier molecular flexibility index (Phi) is 6.70. The fourth-order valence-corrected chi connectivity index (χ4v) is 4.84. The summed E-state index contributed by atoms with van der Waals surface area (Å²) < 4.78 is 5.55. The van der Waals surface area contributed by atoms with Crippen LogP contribution >= 0.6 is 0 Å². The van der Waals surface area contributed by atoms with Gasteiger partial charge in [-0.25, -0.2) is 0 Å². The Balaban J connectivity index is 1.45. The number of carbonyl (C=O) groups excluding carboxylic acids is 1. The molecular weight excluding hydrogens is 374 g/mol. The van der Waals surface area contributed by atoms with Gasteiger partial charge in [0, 0.05) is 31.4 Å². The Hall–Kier alpha value is -2.37. The number of nitrogens with zero attached hydrogens (tertiary/aromatic N) is 2. The molecule has 0 aliphatic carbocycles. The molecule has 5 nitrogen and oxygen atoms in total. The molecule has 160 valence electrons. The molecule has 30 heavy (non-hydrogen) atoms. The maximum atomic E-state index is 13.0. The molecule has 2 heterocycles. The molecule has 1 fully saturated rings. The van der Waals surface area contributed by atoms with Gasteiger partial charge in [-0.15, -0.1) is 0 Å². The van der Waals surface area contributed by atoms with Crippen LogP contribution in [0.1, 0.15) is 36.1 Å². The highest BCUT2D eigenvalue weighted by Crippen LogP contribution is 2.28. The normalized spacial score (nSPS) is 19.1. The minimum Gasteiger partial charge on any atom is -0.379 e. The molecule has 0 radical (unpaired) electrons. The Morgan fingerprint density at radius 2 is 1.87 bits per heavy atom. The first kappa shape index (κ1) is 20.9. The third-order valence-corrected chi connectivity index (χ3v) is 6.23. The van der Waals surface area contributed by atoms with Gasteiger partial charge in [0.2, 0.25) is 5.91 Å². The van der Waals surface area contributed by atoms with Crippen LogP contribution < -0.4 is 10.2 Å². The van der Waals surface area contributed by atoms with Crippen molar-refractivity contribution in [3.8, 4) is 0 Å². The minimum absolute atomic E-state index is 0.0141. The van der Waals surface area contributed by atoms with E-state index in [2.05, 4.69) is 71.4 Å². The first-order valence-corrected chi connectivity index (χ1v) is 11.1. The molecular formula is C25H33N3O2. The van der Waals surface area contributed by atoms with Gasteiger partial charge in [0.25, 0.3) is 0 Å². The number of anilines is 1. The molecule has 2 atom stereocenters. The Labute approximate surface area is 180 Å². The Morgan fingerprint density at radius 1 is 1.10 bits per heavy atom. The molecule has 1 amide bonds. The predicted molar refractivity (Wildman–Crippen MR) is 121 cm³/mol. The van der Waals surface area contributed by atoms with Crippen molar-refractivity contribution in [2.24, 2.45) is 0 Å². The number of ether oxygens (including phenoxy) is 1. The molecule has 2 aromatic carbocycles. The van der Waals surface area contributed by atoms with Gasteiger partial charge < -0.3 is 15.0 Å². The summed E-state index contributed by atoms with van der Waals surface area (Å²) in [4.78, 5) is 17.7. The van der Waals surface area contributed by atoms with Crippen molar-refractivity contribution in [1.82, 2.24) is 10.2 Å². The lowest BCUT2D eigenvalue weighted by Gasteiger charge is -2.39. The highest BCUT2D eigenvalue weighted by Gasteiger charge is 2.29. The minimum atomic E-state index is 0.0141. The summed E-state index contributed by atoms with van der Waals surface area (Å²) in [7, 11) is 0. The maximum Gasteiger partial charge on any atom is 0.239 e. The number of hydrogen-bond donors (Lipinski definition) is 1. The van der Waals surface area contributed by atoms with Gasteiger partial charge in [-0.05, 0) is 43.9 Å². The zero-order chi connectivity index (χ0) is 20.9. The molecule has 0 aromatic heterocycles. The zero-order valence-corrected chi connectivity index (χ0v) is 18.1. The molecule has 5 heteroatoms. The van der Waals surface area contributed by atoms with Crippen molar-refractivity contribution in [1.29, 1.82) is 0 Å². The SMILES string of the molecule is Cc1ccc2c(c1)CCCN2CC(=O)N[C@@H](C)[C@@H](c1ccccc1)N1CCOCC1. The van der Waals surface area contributed by atoms with Crippen LogP contribution in [0.2, 0.25) is 0 Å². The van der Waals surface area contributed by atoms with Crippen molar-refractivity contribution in [3.63, 3.8) is 0 Å². The summed E-state index contributed by atoms with van der Waals surface area (Å²) in [6, 6.07) is 17.2. The van der Waals surface area contributed by atoms with E-state index in [1.54, 1.807) is 0 Å². The molecule has 4 rings (SSSR count). The summed E-state index contributed by atoms with van der Waals surface area (Å²) in [5, 5.41) is 3.30. The number of fused-ring (bicyclic) bond motifs is 1. The van der Waals surface area contributed by atoms with Gasteiger partial charge in [0.15, 0.2) is 0 Å². The van der Waals surface area contributed by atoms with E-state index in [9.17, 15) is 4.79 Å². The van der Waals surface area contributed by atoms with Crippen molar-refractivity contribution >= 4 is 11.6 Å². The van der Waals surface area contributed by atoms with Crippen molar-refractivity contribution < 1.29 is 9.53 Å². The summed E-state index contributed by atoms with van der Waals surface area (Å²) in [6.45, 7) is 8.86. The van der Waals surface area contributed by atoms with E-state index in [0.717, 1.165) is 45.7 Å². The third kappa shape index (κ3) is 4.85. The zero-order valence-electron chi connectivity index (χ0n) is 18.1. The second kappa shape index (κ2) is 9.63. The number of amides is 1. The largest absolute Gasteiger partial charge is 0.379 e. The molecule has 2 aliphatic heterocycles. The first-order valence-electron chi connectivity index (χ1n) is 11.1. The molecule has 0 bridgehead atoms. The highest BCUT2D eigenvalue weighted by molar-refractivity contribution is 5.82. The van der Waals surface area contributed by atoms with E-state index >= 15 is 0 Å². The second-order valence-electron chi connectivity index (χ2n) is 8.52. The van der Waals surface area contributed by atoms with Crippen molar-refractivity contribution in [2.45, 2.75) is 38.8 Å². The van der Waals surface area contributed by atoms with E-state index in [0.29, 0.717) is 6.54 Å². The average Bonchev–Trinajstić information content (AvgIpc) is 2.75. The van der Waals surface area contributed by atoms with E-state index in [4.69, 9.17) is 4.74 Å². The number of rotatable bonds is 6. The molecule has 2 aromatic rings. The smallest absolute Gasteiger partial charge is 0.239 e. The fourth-order valence-electron chi connectivity index (χ4n) is 4.84. The summed E-state index contributed by atoms with van der Waals surface area (Å²) in [5.74, 6) is 0.0881. The number of carbonyl (C=O) groups is 1. The number of aryl methyl sites for hydroxylation is 2. The standard InChI is InChI=1S/C25H33N3O2/c1-19-10-11-23-22(17-19)9-6-12-28(23)18-24(29)26-20(2)25(21-7-4-3-5-8-21)27-13-15-30-16-14-27/h3-5,7-8,10-11,17,20,25H,6,9,12-16,18H2,1-2H3,(H,26,29)/t20-,25-/m0/s1. The van der Waals surface area contributed by atoms with Crippen LogP contribution in [0, 0.1) is 6.92 Å². The van der Waals surface area contributed by atoms with Gasteiger partial charge in [-0.2, -0.15) is 0 Å². The highest BCUT2D eigenvalue weighted by atomic mass is 16.5. The number of benzene rings is 2. The maximum absolute atomic E-state index is 13.0. The van der Waals surface area contributed by atoms with Crippen LogP contribution in [0.25, 0.3) is 0 Å². The van der Waals surface area contributed by atoms with Gasteiger partial charge in [-0.1, -0.05) is 48.0 Å².